The largest absolute Gasteiger partial charge is 0.491 e. The standard InChI is InChI=1S/C20H36N2O4/c1-5-21(6-2)13-17(23)15-25-19-9-11-20(12-10-19)26-16-18(24)14-22(7-3)8-4/h9-12,17-18,23-24H,5-8,13-16H2,1-4H3/t17-,18-/m1/s1. The third-order valence-electron chi connectivity index (χ3n) is 4.44. The molecule has 0 unspecified atom stereocenters. The Morgan fingerprint density at radius 2 is 1.00 bits per heavy atom. The van der Waals surface area contributed by atoms with Gasteiger partial charge >= 0.3 is 0 Å². The normalized spacial score (nSPS) is 13.8. The van der Waals surface area contributed by atoms with Crippen LogP contribution in [0.15, 0.2) is 24.3 Å². The molecule has 0 saturated carbocycles. The van der Waals surface area contributed by atoms with Gasteiger partial charge < -0.3 is 29.5 Å². The van der Waals surface area contributed by atoms with E-state index in [4.69, 9.17) is 9.47 Å². The fourth-order valence-electron chi connectivity index (χ4n) is 2.68. The van der Waals surface area contributed by atoms with Gasteiger partial charge in [0.05, 0.1) is 0 Å². The van der Waals surface area contributed by atoms with Gasteiger partial charge in [-0.15, -0.1) is 0 Å². The van der Waals surface area contributed by atoms with E-state index in [2.05, 4.69) is 37.5 Å². The summed E-state index contributed by atoms with van der Waals surface area (Å²) in [6.45, 7) is 13.7. The van der Waals surface area contributed by atoms with Crippen molar-refractivity contribution >= 4 is 0 Å². The topological polar surface area (TPSA) is 65.4 Å². The van der Waals surface area contributed by atoms with Crippen LogP contribution in [0.5, 0.6) is 11.5 Å². The molecule has 6 nitrogen and oxygen atoms in total. The maximum Gasteiger partial charge on any atom is 0.119 e. The molecule has 0 spiro atoms. The van der Waals surface area contributed by atoms with E-state index in [-0.39, 0.29) is 13.2 Å². The summed E-state index contributed by atoms with van der Waals surface area (Å²) in [5, 5.41) is 20.1. The molecule has 1 aromatic carbocycles. The molecule has 2 atom stereocenters. The van der Waals surface area contributed by atoms with Gasteiger partial charge in [-0.05, 0) is 50.4 Å². The molecule has 0 heterocycles. The van der Waals surface area contributed by atoms with Gasteiger partial charge in [0, 0.05) is 13.1 Å². The Morgan fingerprint density at radius 3 is 1.27 bits per heavy atom. The van der Waals surface area contributed by atoms with Gasteiger partial charge in [-0.25, -0.2) is 0 Å². The van der Waals surface area contributed by atoms with Crippen molar-refractivity contribution in [2.24, 2.45) is 0 Å². The van der Waals surface area contributed by atoms with Crippen molar-refractivity contribution in [3.8, 4) is 11.5 Å². The molecule has 1 aromatic rings. The van der Waals surface area contributed by atoms with Gasteiger partial charge in [0.25, 0.3) is 0 Å². The minimum Gasteiger partial charge on any atom is -0.491 e. The lowest BCUT2D eigenvalue weighted by Gasteiger charge is -2.22. The summed E-state index contributed by atoms with van der Waals surface area (Å²) in [5.74, 6) is 1.39. The fourth-order valence-corrected chi connectivity index (χ4v) is 2.68. The van der Waals surface area contributed by atoms with Crippen LogP contribution >= 0.6 is 0 Å². The first-order valence-electron chi connectivity index (χ1n) is 9.68. The molecule has 0 aliphatic carbocycles. The van der Waals surface area contributed by atoms with Crippen molar-refractivity contribution in [2.45, 2.75) is 39.9 Å². The molecule has 0 amide bonds. The molecule has 0 aromatic heterocycles. The Morgan fingerprint density at radius 1 is 0.692 bits per heavy atom. The number of rotatable bonds is 14. The zero-order valence-electron chi connectivity index (χ0n) is 16.7. The van der Waals surface area contributed by atoms with Gasteiger partial charge in [0.1, 0.15) is 36.9 Å². The van der Waals surface area contributed by atoms with Gasteiger partial charge in [0.15, 0.2) is 0 Å². The van der Waals surface area contributed by atoms with Crippen LogP contribution in [0.3, 0.4) is 0 Å². The SMILES string of the molecule is CCN(CC)C[C@@H](O)COc1ccc(OC[C@H](O)CN(CC)CC)cc1. The third-order valence-corrected chi connectivity index (χ3v) is 4.44. The van der Waals surface area contributed by atoms with Crippen molar-refractivity contribution in [2.75, 3.05) is 52.5 Å². The maximum absolute atomic E-state index is 10.0. The molecule has 150 valence electrons. The zero-order valence-corrected chi connectivity index (χ0v) is 16.7. The van der Waals surface area contributed by atoms with Crippen LogP contribution in [0.2, 0.25) is 0 Å². The summed E-state index contributed by atoms with van der Waals surface area (Å²) >= 11 is 0. The molecule has 0 fully saturated rings. The van der Waals surface area contributed by atoms with Gasteiger partial charge in [-0.3, -0.25) is 0 Å². The summed E-state index contributed by atoms with van der Waals surface area (Å²) < 4.78 is 11.3. The fraction of sp³-hybridized carbons (Fsp3) is 0.700. The van der Waals surface area contributed by atoms with Crippen LogP contribution in [-0.2, 0) is 0 Å². The van der Waals surface area contributed by atoms with E-state index in [1.807, 2.05) is 24.3 Å². The Balaban J connectivity index is 2.34. The van der Waals surface area contributed by atoms with Crippen LogP contribution < -0.4 is 9.47 Å². The highest BCUT2D eigenvalue weighted by Crippen LogP contribution is 2.18. The third kappa shape index (κ3) is 8.85. The smallest absolute Gasteiger partial charge is 0.119 e. The lowest BCUT2D eigenvalue weighted by Crippen LogP contribution is -2.35. The maximum atomic E-state index is 10.0. The van der Waals surface area contributed by atoms with Crippen molar-refractivity contribution in [3.63, 3.8) is 0 Å². The van der Waals surface area contributed by atoms with E-state index in [1.165, 1.54) is 0 Å². The molecular formula is C20H36N2O4. The van der Waals surface area contributed by atoms with Gasteiger partial charge in [-0.1, -0.05) is 27.7 Å². The minimum atomic E-state index is -0.513. The van der Waals surface area contributed by atoms with E-state index >= 15 is 0 Å². The number of aliphatic hydroxyl groups excluding tert-OH is 2. The highest BCUT2D eigenvalue weighted by molar-refractivity contribution is 5.31. The first-order valence-corrected chi connectivity index (χ1v) is 9.68. The van der Waals surface area contributed by atoms with Crippen LogP contribution in [0.1, 0.15) is 27.7 Å². The molecule has 2 N–H and O–H groups in total. The molecule has 0 radical (unpaired) electrons. The second-order valence-electron chi connectivity index (χ2n) is 6.37. The summed E-state index contributed by atoms with van der Waals surface area (Å²) in [6.07, 6.45) is -1.03. The summed E-state index contributed by atoms with van der Waals surface area (Å²) in [4.78, 5) is 4.32. The Labute approximate surface area is 158 Å². The van der Waals surface area contributed by atoms with E-state index < -0.39 is 12.2 Å². The lowest BCUT2D eigenvalue weighted by molar-refractivity contribution is 0.0702. The first-order chi connectivity index (χ1) is 12.5. The molecule has 0 aliphatic heterocycles. The number of nitrogens with zero attached hydrogens (tertiary/aromatic N) is 2. The second kappa shape index (κ2) is 12.9. The predicted octanol–water partition coefficient (Wildman–Crippen LogP) is 1.85. The summed E-state index contributed by atoms with van der Waals surface area (Å²) in [6, 6.07) is 7.26. The van der Waals surface area contributed by atoms with E-state index in [0.29, 0.717) is 24.6 Å². The predicted molar refractivity (Wildman–Crippen MR) is 105 cm³/mol. The van der Waals surface area contributed by atoms with Gasteiger partial charge in [0.2, 0.25) is 0 Å². The highest BCUT2D eigenvalue weighted by atomic mass is 16.5. The second-order valence-corrected chi connectivity index (χ2v) is 6.37. The molecular weight excluding hydrogens is 332 g/mol. The monoisotopic (exact) mass is 368 g/mol. The minimum absolute atomic E-state index is 0.263. The quantitative estimate of drug-likeness (QED) is 0.522. The molecule has 0 saturated heterocycles. The number of hydrogen-bond acceptors (Lipinski definition) is 6. The van der Waals surface area contributed by atoms with E-state index in [1.54, 1.807) is 0 Å². The Kier molecular flexibility index (Phi) is 11.3. The summed E-state index contributed by atoms with van der Waals surface area (Å²) in [7, 11) is 0. The lowest BCUT2D eigenvalue weighted by atomic mass is 10.3. The number of likely N-dealkylation sites (N-methyl/N-ethyl adjacent to an activating group) is 2. The van der Waals surface area contributed by atoms with Crippen molar-refractivity contribution in [1.29, 1.82) is 0 Å². The van der Waals surface area contributed by atoms with E-state index in [0.717, 1.165) is 26.2 Å². The number of hydrogen-bond donors (Lipinski definition) is 2. The van der Waals surface area contributed by atoms with Crippen molar-refractivity contribution < 1.29 is 19.7 Å². The molecule has 0 bridgehead atoms. The van der Waals surface area contributed by atoms with Gasteiger partial charge in [-0.2, -0.15) is 0 Å². The molecule has 26 heavy (non-hydrogen) atoms. The van der Waals surface area contributed by atoms with Crippen molar-refractivity contribution in [3.05, 3.63) is 24.3 Å². The van der Waals surface area contributed by atoms with Crippen LogP contribution in [0, 0.1) is 0 Å². The van der Waals surface area contributed by atoms with Crippen LogP contribution in [0.4, 0.5) is 0 Å². The highest BCUT2D eigenvalue weighted by Gasteiger charge is 2.11. The summed E-state index contributed by atoms with van der Waals surface area (Å²) in [5.41, 5.74) is 0. The zero-order chi connectivity index (χ0) is 19.4. The number of ether oxygens (including phenoxy) is 2. The molecule has 1 rings (SSSR count). The number of aliphatic hydroxyl groups is 2. The Bertz CT molecular complexity index is 418. The van der Waals surface area contributed by atoms with Crippen LogP contribution in [0.25, 0.3) is 0 Å². The van der Waals surface area contributed by atoms with Crippen molar-refractivity contribution in [1.82, 2.24) is 9.80 Å². The number of benzene rings is 1. The Hall–Kier alpha value is -1.34. The average Bonchev–Trinajstić information content (AvgIpc) is 2.67. The average molecular weight is 369 g/mol. The van der Waals surface area contributed by atoms with E-state index in [9.17, 15) is 10.2 Å². The molecule has 6 heteroatoms. The molecule has 0 aliphatic rings. The van der Waals surface area contributed by atoms with Crippen LogP contribution in [-0.4, -0.2) is 84.7 Å². The first kappa shape index (κ1) is 22.7.